The molecule has 2 rings (SSSR count). The highest BCUT2D eigenvalue weighted by Crippen LogP contribution is 2.14. The zero-order chi connectivity index (χ0) is 14.4. The number of nitrogens with zero attached hydrogens (tertiary/aromatic N) is 3. The average Bonchev–Trinajstić information content (AvgIpc) is 2.96. The van der Waals surface area contributed by atoms with Crippen LogP contribution >= 0.6 is 11.3 Å². The summed E-state index contributed by atoms with van der Waals surface area (Å²) < 4.78 is 7.45. The van der Waals surface area contributed by atoms with Gasteiger partial charge in [-0.15, -0.1) is 11.3 Å². The van der Waals surface area contributed by atoms with Gasteiger partial charge in [0.25, 0.3) is 0 Å². The van der Waals surface area contributed by atoms with Gasteiger partial charge in [-0.05, 0) is 27.2 Å². The highest BCUT2D eigenvalue weighted by molar-refractivity contribution is 7.09. The second-order valence-corrected chi connectivity index (χ2v) is 5.73. The number of aryl methyl sites for hydroxylation is 2. The van der Waals surface area contributed by atoms with E-state index in [-0.39, 0.29) is 0 Å². The summed E-state index contributed by atoms with van der Waals surface area (Å²) in [5.41, 5.74) is 2.10. The third kappa shape index (κ3) is 4.31. The summed E-state index contributed by atoms with van der Waals surface area (Å²) in [6, 6.07) is 0. The standard InChI is InChI=1S/C14H22N4OS/c1-4-19-7-5-6-15-14-16-11(2)8-18(14)9-13-10-20-12(3)17-13/h8,10H,4-7,9H2,1-3H3,(H,15,16). The minimum atomic E-state index is 0.763. The maximum atomic E-state index is 5.33. The third-order valence-corrected chi connectivity index (χ3v) is 3.67. The minimum Gasteiger partial charge on any atom is -0.382 e. The Hall–Kier alpha value is -1.40. The Morgan fingerprint density at radius 1 is 1.35 bits per heavy atom. The van der Waals surface area contributed by atoms with Crippen molar-refractivity contribution >= 4 is 17.3 Å². The summed E-state index contributed by atoms with van der Waals surface area (Å²) in [5, 5.41) is 6.57. The Morgan fingerprint density at radius 2 is 2.20 bits per heavy atom. The maximum absolute atomic E-state index is 5.33. The number of imidazole rings is 1. The Morgan fingerprint density at radius 3 is 2.90 bits per heavy atom. The largest absolute Gasteiger partial charge is 0.382 e. The number of aromatic nitrogens is 3. The molecule has 0 aliphatic rings. The zero-order valence-electron chi connectivity index (χ0n) is 12.3. The number of hydrogen-bond acceptors (Lipinski definition) is 5. The van der Waals surface area contributed by atoms with Crippen LogP contribution in [0.2, 0.25) is 0 Å². The quantitative estimate of drug-likeness (QED) is 0.761. The van der Waals surface area contributed by atoms with Gasteiger partial charge in [-0.1, -0.05) is 0 Å². The van der Waals surface area contributed by atoms with E-state index >= 15 is 0 Å². The van der Waals surface area contributed by atoms with Crippen molar-refractivity contribution in [2.45, 2.75) is 33.7 Å². The molecule has 0 aromatic carbocycles. The van der Waals surface area contributed by atoms with Crippen molar-refractivity contribution in [2.24, 2.45) is 0 Å². The van der Waals surface area contributed by atoms with E-state index in [2.05, 4.69) is 31.4 Å². The van der Waals surface area contributed by atoms with Gasteiger partial charge in [0.2, 0.25) is 5.95 Å². The Kier molecular flexibility index (Phi) is 5.55. The highest BCUT2D eigenvalue weighted by atomic mass is 32.1. The van der Waals surface area contributed by atoms with Gasteiger partial charge in [-0.25, -0.2) is 9.97 Å². The van der Waals surface area contributed by atoms with E-state index in [1.807, 2.05) is 20.8 Å². The fourth-order valence-corrected chi connectivity index (χ4v) is 2.59. The molecule has 0 radical (unpaired) electrons. The molecule has 0 saturated carbocycles. The molecule has 6 heteroatoms. The SMILES string of the molecule is CCOCCCNc1nc(C)cn1Cc1csc(C)n1. The van der Waals surface area contributed by atoms with Gasteiger partial charge >= 0.3 is 0 Å². The first kappa shape index (κ1) is 15.0. The summed E-state index contributed by atoms with van der Waals surface area (Å²) in [6.45, 7) is 9.24. The highest BCUT2D eigenvalue weighted by Gasteiger charge is 2.07. The molecule has 1 N–H and O–H groups in total. The van der Waals surface area contributed by atoms with Gasteiger partial charge in [-0.2, -0.15) is 0 Å². The molecule has 5 nitrogen and oxygen atoms in total. The van der Waals surface area contributed by atoms with E-state index in [1.54, 1.807) is 11.3 Å². The Labute approximate surface area is 124 Å². The van der Waals surface area contributed by atoms with Crippen molar-refractivity contribution in [1.29, 1.82) is 0 Å². The molecule has 0 fully saturated rings. The van der Waals surface area contributed by atoms with Crippen molar-refractivity contribution in [3.05, 3.63) is 28.0 Å². The minimum absolute atomic E-state index is 0.763. The molecule has 110 valence electrons. The van der Waals surface area contributed by atoms with Crippen molar-refractivity contribution in [2.75, 3.05) is 25.1 Å². The number of anilines is 1. The molecule has 2 heterocycles. The zero-order valence-corrected chi connectivity index (χ0v) is 13.2. The van der Waals surface area contributed by atoms with Crippen LogP contribution in [0.4, 0.5) is 5.95 Å². The van der Waals surface area contributed by atoms with Crippen LogP contribution in [0.3, 0.4) is 0 Å². The van der Waals surface area contributed by atoms with Crippen LogP contribution in [0.15, 0.2) is 11.6 Å². The molecule has 0 aliphatic carbocycles. The van der Waals surface area contributed by atoms with Gasteiger partial charge in [0.15, 0.2) is 0 Å². The van der Waals surface area contributed by atoms with E-state index in [4.69, 9.17) is 4.74 Å². The molecule has 0 amide bonds. The fourth-order valence-electron chi connectivity index (χ4n) is 1.98. The van der Waals surface area contributed by atoms with Crippen LogP contribution in [-0.2, 0) is 11.3 Å². The first-order chi connectivity index (χ1) is 9.69. The van der Waals surface area contributed by atoms with Crippen molar-refractivity contribution < 1.29 is 4.74 Å². The monoisotopic (exact) mass is 294 g/mol. The van der Waals surface area contributed by atoms with Gasteiger partial charge in [0.1, 0.15) is 0 Å². The third-order valence-electron chi connectivity index (χ3n) is 2.85. The summed E-state index contributed by atoms with van der Waals surface area (Å²) in [5.74, 6) is 0.907. The van der Waals surface area contributed by atoms with Crippen LogP contribution in [0.25, 0.3) is 0 Å². The summed E-state index contributed by atoms with van der Waals surface area (Å²) in [7, 11) is 0. The lowest BCUT2D eigenvalue weighted by atomic mass is 10.4. The molecule has 0 aliphatic heterocycles. The second kappa shape index (κ2) is 7.40. The summed E-state index contributed by atoms with van der Waals surface area (Å²) >= 11 is 1.68. The van der Waals surface area contributed by atoms with Crippen LogP contribution in [0, 0.1) is 13.8 Å². The second-order valence-electron chi connectivity index (χ2n) is 4.67. The molecule has 0 spiro atoms. The van der Waals surface area contributed by atoms with Gasteiger partial charge in [0, 0.05) is 31.3 Å². The Balaban J connectivity index is 1.92. The molecule has 0 atom stereocenters. The summed E-state index contributed by atoms with van der Waals surface area (Å²) in [6.07, 6.45) is 3.04. The molecule has 2 aromatic rings. The molecular weight excluding hydrogens is 272 g/mol. The molecular formula is C14H22N4OS. The topological polar surface area (TPSA) is 52.0 Å². The van der Waals surface area contributed by atoms with E-state index in [1.165, 1.54) is 0 Å². The van der Waals surface area contributed by atoms with E-state index in [0.29, 0.717) is 0 Å². The molecule has 2 aromatic heterocycles. The number of nitrogens with one attached hydrogen (secondary N) is 1. The lowest BCUT2D eigenvalue weighted by Crippen LogP contribution is -2.11. The van der Waals surface area contributed by atoms with Gasteiger partial charge < -0.3 is 14.6 Å². The lowest BCUT2D eigenvalue weighted by molar-refractivity contribution is 0.147. The first-order valence-corrected chi connectivity index (χ1v) is 7.83. The number of thiazole rings is 1. The smallest absolute Gasteiger partial charge is 0.203 e. The average molecular weight is 294 g/mol. The van der Waals surface area contributed by atoms with Crippen LogP contribution < -0.4 is 5.32 Å². The molecule has 0 unspecified atom stereocenters. The number of ether oxygens (including phenoxy) is 1. The van der Waals surface area contributed by atoms with E-state index < -0.39 is 0 Å². The lowest BCUT2D eigenvalue weighted by Gasteiger charge is -2.08. The van der Waals surface area contributed by atoms with Crippen molar-refractivity contribution in [3.63, 3.8) is 0 Å². The van der Waals surface area contributed by atoms with Gasteiger partial charge in [-0.3, -0.25) is 0 Å². The number of rotatable bonds is 8. The Bertz CT molecular complexity index is 535. The summed E-state index contributed by atoms with van der Waals surface area (Å²) in [4.78, 5) is 9.02. The van der Waals surface area contributed by atoms with E-state index in [9.17, 15) is 0 Å². The molecule has 0 bridgehead atoms. The van der Waals surface area contributed by atoms with Crippen molar-refractivity contribution in [1.82, 2.24) is 14.5 Å². The van der Waals surface area contributed by atoms with Crippen LogP contribution in [0.5, 0.6) is 0 Å². The van der Waals surface area contributed by atoms with Crippen LogP contribution in [-0.4, -0.2) is 34.3 Å². The first-order valence-electron chi connectivity index (χ1n) is 6.95. The van der Waals surface area contributed by atoms with Crippen LogP contribution in [0.1, 0.15) is 29.7 Å². The fraction of sp³-hybridized carbons (Fsp3) is 0.571. The van der Waals surface area contributed by atoms with Crippen molar-refractivity contribution in [3.8, 4) is 0 Å². The van der Waals surface area contributed by atoms with E-state index in [0.717, 1.165) is 55.1 Å². The predicted molar refractivity (Wildman–Crippen MR) is 82.5 cm³/mol. The predicted octanol–water partition coefficient (Wildman–Crippen LogP) is 2.84. The number of hydrogen-bond donors (Lipinski definition) is 1. The maximum Gasteiger partial charge on any atom is 0.203 e. The normalized spacial score (nSPS) is 10.9. The molecule has 0 saturated heterocycles. The van der Waals surface area contributed by atoms with Gasteiger partial charge in [0.05, 0.1) is 22.9 Å². The molecule has 20 heavy (non-hydrogen) atoms.